The smallest absolute Gasteiger partial charge is 0.195 e. The average molecular weight is 203 g/mol. The molecule has 5 heteroatoms. The standard InChI is InChI=1S/C10H13N5/c1-6-3-4-7(2)8(5-6)9(11)10-12-14-15-13-10/h3-5,9H,11H2,1-2H3,(H,12,13,14,15)/t9-/m0/s1. The second-order valence-electron chi connectivity index (χ2n) is 3.61. The number of nitrogens with zero attached hydrogens (tertiary/aromatic N) is 3. The summed E-state index contributed by atoms with van der Waals surface area (Å²) in [5.74, 6) is 0.517. The number of tetrazole rings is 1. The highest BCUT2D eigenvalue weighted by Gasteiger charge is 2.15. The zero-order chi connectivity index (χ0) is 10.8. The molecule has 1 aromatic carbocycles. The highest BCUT2D eigenvalue weighted by atomic mass is 15.5. The summed E-state index contributed by atoms with van der Waals surface area (Å²) in [6, 6.07) is 5.84. The number of hydrogen-bond donors (Lipinski definition) is 2. The number of aromatic amines is 1. The summed E-state index contributed by atoms with van der Waals surface area (Å²) >= 11 is 0. The Morgan fingerprint density at radius 3 is 2.80 bits per heavy atom. The maximum atomic E-state index is 6.05. The van der Waals surface area contributed by atoms with Crippen molar-refractivity contribution < 1.29 is 0 Å². The molecule has 0 aliphatic rings. The molecule has 0 aliphatic carbocycles. The van der Waals surface area contributed by atoms with Crippen LogP contribution in [0.15, 0.2) is 18.2 Å². The molecule has 2 aromatic rings. The van der Waals surface area contributed by atoms with E-state index in [1.807, 2.05) is 19.9 Å². The average Bonchev–Trinajstić information content (AvgIpc) is 2.74. The molecule has 0 aliphatic heterocycles. The minimum Gasteiger partial charge on any atom is -0.318 e. The minimum atomic E-state index is -0.316. The number of benzene rings is 1. The highest BCUT2D eigenvalue weighted by molar-refractivity contribution is 5.35. The maximum absolute atomic E-state index is 6.05. The third-order valence-electron chi connectivity index (χ3n) is 2.41. The maximum Gasteiger partial charge on any atom is 0.195 e. The Balaban J connectivity index is 2.41. The van der Waals surface area contributed by atoms with Gasteiger partial charge in [0.2, 0.25) is 0 Å². The third-order valence-corrected chi connectivity index (χ3v) is 2.41. The summed E-state index contributed by atoms with van der Waals surface area (Å²) in [5.41, 5.74) is 9.40. The van der Waals surface area contributed by atoms with Gasteiger partial charge in [0.05, 0.1) is 6.04 Å². The van der Waals surface area contributed by atoms with Crippen LogP contribution in [0.4, 0.5) is 0 Å². The van der Waals surface area contributed by atoms with Crippen molar-refractivity contribution in [1.82, 2.24) is 20.6 Å². The van der Waals surface area contributed by atoms with Crippen LogP contribution >= 0.6 is 0 Å². The van der Waals surface area contributed by atoms with Crippen LogP contribution in [-0.4, -0.2) is 20.6 Å². The molecule has 3 N–H and O–H groups in total. The van der Waals surface area contributed by atoms with Crippen molar-refractivity contribution in [2.24, 2.45) is 5.73 Å². The molecule has 0 saturated heterocycles. The molecule has 2 rings (SSSR count). The van der Waals surface area contributed by atoms with E-state index in [-0.39, 0.29) is 6.04 Å². The van der Waals surface area contributed by atoms with Crippen LogP contribution in [0.5, 0.6) is 0 Å². The number of nitrogens with two attached hydrogens (primary N) is 1. The first kappa shape index (κ1) is 9.79. The van der Waals surface area contributed by atoms with Crippen LogP contribution in [0.3, 0.4) is 0 Å². The molecule has 0 amide bonds. The summed E-state index contributed by atoms with van der Waals surface area (Å²) in [4.78, 5) is 0. The summed E-state index contributed by atoms with van der Waals surface area (Å²) in [6.45, 7) is 4.06. The molecular formula is C10H13N5. The third kappa shape index (κ3) is 1.87. The quantitative estimate of drug-likeness (QED) is 0.758. The van der Waals surface area contributed by atoms with Crippen LogP contribution in [-0.2, 0) is 0 Å². The Labute approximate surface area is 87.7 Å². The predicted octanol–water partition coefficient (Wildman–Crippen LogP) is 0.865. The second kappa shape index (κ2) is 3.78. The van der Waals surface area contributed by atoms with Gasteiger partial charge in [0.25, 0.3) is 0 Å². The van der Waals surface area contributed by atoms with E-state index in [0.29, 0.717) is 5.82 Å². The van der Waals surface area contributed by atoms with E-state index < -0.39 is 0 Å². The van der Waals surface area contributed by atoms with Crippen molar-refractivity contribution >= 4 is 0 Å². The lowest BCUT2D eigenvalue weighted by Gasteiger charge is -2.11. The number of aromatic nitrogens is 4. The van der Waals surface area contributed by atoms with Crippen LogP contribution in [0, 0.1) is 13.8 Å². The number of rotatable bonds is 2. The lowest BCUT2D eigenvalue weighted by Crippen LogP contribution is -2.15. The van der Waals surface area contributed by atoms with Crippen molar-refractivity contribution in [2.45, 2.75) is 19.9 Å². The fourth-order valence-electron chi connectivity index (χ4n) is 1.54. The second-order valence-corrected chi connectivity index (χ2v) is 3.61. The van der Waals surface area contributed by atoms with Crippen molar-refractivity contribution in [2.75, 3.05) is 0 Å². The largest absolute Gasteiger partial charge is 0.318 e. The normalized spacial score (nSPS) is 12.7. The first-order valence-corrected chi connectivity index (χ1v) is 4.74. The van der Waals surface area contributed by atoms with Gasteiger partial charge in [-0.15, -0.1) is 10.2 Å². The molecule has 1 aromatic heterocycles. The van der Waals surface area contributed by atoms with Crippen molar-refractivity contribution in [3.05, 3.63) is 40.7 Å². The van der Waals surface area contributed by atoms with Gasteiger partial charge in [0.15, 0.2) is 5.82 Å². The van der Waals surface area contributed by atoms with Crippen molar-refractivity contribution in [1.29, 1.82) is 0 Å². The zero-order valence-corrected chi connectivity index (χ0v) is 8.73. The van der Waals surface area contributed by atoms with E-state index in [1.165, 1.54) is 5.56 Å². The topological polar surface area (TPSA) is 80.5 Å². The van der Waals surface area contributed by atoms with E-state index in [1.54, 1.807) is 0 Å². The number of H-pyrrole nitrogens is 1. The highest BCUT2D eigenvalue weighted by Crippen LogP contribution is 2.20. The lowest BCUT2D eigenvalue weighted by molar-refractivity contribution is 0.778. The number of aryl methyl sites for hydroxylation is 2. The van der Waals surface area contributed by atoms with Crippen LogP contribution < -0.4 is 5.73 Å². The molecule has 15 heavy (non-hydrogen) atoms. The van der Waals surface area contributed by atoms with Gasteiger partial charge in [-0.2, -0.15) is 5.21 Å². The molecule has 0 fully saturated rings. The lowest BCUT2D eigenvalue weighted by atomic mass is 9.99. The van der Waals surface area contributed by atoms with Gasteiger partial charge in [0, 0.05) is 0 Å². The summed E-state index contributed by atoms with van der Waals surface area (Å²) in [7, 11) is 0. The van der Waals surface area contributed by atoms with Crippen molar-refractivity contribution in [3.8, 4) is 0 Å². The fraction of sp³-hybridized carbons (Fsp3) is 0.300. The molecule has 0 bridgehead atoms. The molecule has 0 spiro atoms. The van der Waals surface area contributed by atoms with E-state index >= 15 is 0 Å². The van der Waals surface area contributed by atoms with E-state index in [9.17, 15) is 0 Å². The van der Waals surface area contributed by atoms with Gasteiger partial charge in [-0.25, -0.2) is 0 Å². The minimum absolute atomic E-state index is 0.316. The Hall–Kier alpha value is -1.75. The Morgan fingerprint density at radius 2 is 2.13 bits per heavy atom. The van der Waals surface area contributed by atoms with Gasteiger partial charge in [-0.1, -0.05) is 29.0 Å². The van der Waals surface area contributed by atoms with Gasteiger partial charge in [-0.05, 0) is 25.0 Å². The Bertz CT molecular complexity index is 449. The van der Waals surface area contributed by atoms with Gasteiger partial charge >= 0.3 is 0 Å². The zero-order valence-electron chi connectivity index (χ0n) is 8.73. The van der Waals surface area contributed by atoms with Crippen LogP contribution in [0.25, 0.3) is 0 Å². The number of nitrogens with one attached hydrogen (secondary N) is 1. The van der Waals surface area contributed by atoms with Gasteiger partial charge in [-0.3, -0.25) is 0 Å². The van der Waals surface area contributed by atoms with Crippen LogP contribution in [0.2, 0.25) is 0 Å². The van der Waals surface area contributed by atoms with Crippen molar-refractivity contribution in [3.63, 3.8) is 0 Å². The molecular weight excluding hydrogens is 190 g/mol. The predicted molar refractivity (Wildman–Crippen MR) is 56.1 cm³/mol. The Kier molecular flexibility index (Phi) is 2.47. The molecule has 0 saturated carbocycles. The summed E-state index contributed by atoms with van der Waals surface area (Å²) in [6.07, 6.45) is 0. The molecule has 0 unspecified atom stereocenters. The monoisotopic (exact) mass is 203 g/mol. The van der Waals surface area contributed by atoms with E-state index in [4.69, 9.17) is 5.73 Å². The Morgan fingerprint density at radius 1 is 1.33 bits per heavy atom. The summed E-state index contributed by atoms with van der Waals surface area (Å²) < 4.78 is 0. The molecule has 1 heterocycles. The first-order chi connectivity index (χ1) is 7.18. The molecule has 1 atom stereocenters. The SMILES string of the molecule is Cc1ccc(C)c([C@H](N)c2nn[nH]n2)c1. The fourth-order valence-corrected chi connectivity index (χ4v) is 1.54. The first-order valence-electron chi connectivity index (χ1n) is 4.74. The molecule has 0 radical (unpaired) electrons. The molecule has 78 valence electrons. The molecule has 5 nitrogen and oxygen atoms in total. The number of hydrogen-bond acceptors (Lipinski definition) is 4. The van der Waals surface area contributed by atoms with Crippen LogP contribution in [0.1, 0.15) is 28.6 Å². The van der Waals surface area contributed by atoms with E-state index in [0.717, 1.165) is 11.1 Å². The van der Waals surface area contributed by atoms with Gasteiger partial charge in [0.1, 0.15) is 0 Å². The van der Waals surface area contributed by atoms with Gasteiger partial charge < -0.3 is 5.73 Å². The summed E-state index contributed by atoms with van der Waals surface area (Å²) in [5, 5.41) is 13.7. The van der Waals surface area contributed by atoms with E-state index in [2.05, 4.69) is 32.8 Å².